The van der Waals surface area contributed by atoms with Crippen LogP contribution in [-0.4, -0.2) is 43.8 Å². The van der Waals surface area contributed by atoms with Gasteiger partial charge in [0, 0.05) is 12.1 Å². The summed E-state index contributed by atoms with van der Waals surface area (Å²) in [7, 11) is 2.43. The van der Waals surface area contributed by atoms with E-state index in [-0.39, 0.29) is 34.7 Å². The summed E-state index contributed by atoms with van der Waals surface area (Å²) in [5.41, 5.74) is -3.57. The SMILES string of the molecule is COC(=O)c1ccc(-c2ccc(OC)c(C3=C(CN4C(=O)O[C@H](c5cc(C(F)(F)F)cc(C(F)(F)F)c5)[C@@H]4C)CC(C)(C)CC3)c2)c(C(F)(F)F)c1. The second-order valence-corrected chi connectivity index (χ2v) is 13.6. The molecule has 0 bridgehead atoms. The third-order valence-corrected chi connectivity index (χ3v) is 9.44. The summed E-state index contributed by atoms with van der Waals surface area (Å²) in [6.07, 6.45) is -16.1. The molecular weight excluding hydrogens is 709 g/mol. The minimum absolute atomic E-state index is 0.00340. The van der Waals surface area contributed by atoms with Crippen LogP contribution in [0, 0.1) is 5.41 Å². The van der Waals surface area contributed by atoms with Crippen molar-refractivity contribution in [2.75, 3.05) is 20.8 Å². The van der Waals surface area contributed by atoms with Gasteiger partial charge < -0.3 is 14.2 Å². The molecule has 0 unspecified atom stereocenters. The summed E-state index contributed by atoms with van der Waals surface area (Å²) >= 11 is 0. The van der Waals surface area contributed by atoms with Crippen LogP contribution in [0.5, 0.6) is 5.75 Å². The van der Waals surface area contributed by atoms with Gasteiger partial charge in [-0.05, 0) is 102 Å². The Hall–Kier alpha value is -4.69. The molecule has 5 rings (SSSR count). The summed E-state index contributed by atoms with van der Waals surface area (Å²) in [6, 6.07) is 7.60. The first kappa shape index (κ1) is 38.5. The summed E-state index contributed by atoms with van der Waals surface area (Å²) in [5.74, 6) is -0.632. The Bertz CT molecular complexity index is 1880. The van der Waals surface area contributed by atoms with Gasteiger partial charge in [-0.3, -0.25) is 4.90 Å². The van der Waals surface area contributed by atoms with Crippen molar-refractivity contribution < 1.29 is 63.3 Å². The van der Waals surface area contributed by atoms with Crippen molar-refractivity contribution in [2.24, 2.45) is 5.41 Å². The van der Waals surface area contributed by atoms with Crippen molar-refractivity contribution in [2.45, 2.75) is 70.7 Å². The largest absolute Gasteiger partial charge is 0.496 e. The average Bonchev–Trinajstić information content (AvgIpc) is 3.34. The van der Waals surface area contributed by atoms with E-state index in [0.29, 0.717) is 59.9 Å². The molecule has 0 radical (unpaired) electrons. The van der Waals surface area contributed by atoms with Gasteiger partial charge in [0.25, 0.3) is 0 Å². The third kappa shape index (κ3) is 7.87. The molecule has 280 valence electrons. The smallest absolute Gasteiger partial charge is 0.417 e. The molecule has 2 aliphatic rings. The fourth-order valence-corrected chi connectivity index (χ4v) is 6.78. The Morgan fingerprint density at radius 3 is 2.06 bits per heavy atom. The summed E-state index contributed by atoms with van der Waals surface area (Å²) in [5, 5.41) is 0. The van der Waals surface area contributed by atoms with E-state index in [1.165, 1.54) is 49.3 Å². The first-order valence-corrected chi connectivity index (χ1v) is 16.0. The van der Waals surface area contributed by atoms with Gasteiger partial charge in [0.2, 0.25) is 0 Å². The normalized spacial score (nSPS) is 19.5. The van der Waals surface area contributed by atoms with Crippen molar-refractivity contribution in [3.8, 4) is 16.9 Å². The number of carbonyl (C=O) groups is 2. The molecule has 1 aliphatic carbocycles. The average molecular weight is 744 g/mol. The van der Waals surface area contributed by atoms with E-state index >= 15 is 0 Å². The van der Waals surface area contributed by atoms with Gasteiger partial charge in [-0.25, -0.2) is 9.59 Å². The minimum Gasteiger partial charge on any atom is -0.496 e. The van der Waals surface area contributed by atoms with Gasteiger partial charge in [-0.15, -0.1) is 0 Å². The predicted molar refractivity (Wildman–Crippen MR) is 171 cm³/mol. The first-order chi connectivity index (χ1) is 24.0. The number of rotatable bonds is 7. The lowest BCUT2D eigenvalue weighted by Crippen LogP contribution is -2.35. The van der Waals surface area contributed by atoms with Crippen molar-refractivity contribution in [3.63, 3.8) is 0 Å². The van der Waals surface area contributed by atoms with Gasteiger partial charge in [0.15, 0.2) is 0 Å². The van der Waals surface area contributed by atoms with E-state index in [9.17, 15) is 49.1 Å². The third-order valence-electron chi connectivity index (χ3n) is 9.44. The second-order valence-electron chi connectivity index (χ2n) is 13.6. The number of carbonyl (C=O) groups excluding carboxylic acids is 2. The van der Waals surface area contributed by atoms with Crippen LogP contribution in [0.4, 0.5) is 44.3 Å². The van der Waals surface area contributed by atoms with Gasteiger partial charge in [-0.2, -0.15) is 39.5 Å². The number of hydrogen-bond donors (Lipinski definition) is 0. The number of alkyl halides is 9. The molecule has 1 heterocycles. The van der Waals surface area contributed by atoms with Crippen LogP contribution < -0.4 is 4.74 Å². The zero-order valence-electron chi connectivity index (χ0n) is 28.6. The molecule has 1 aliphatic heterocycles. The Morgan fingerprint density at radius 1 is 0.865 bits per heavy atom. The Balaban J connectivity index is 1.58. The van der Waals surface area contributed by atoms with Crippen molar-refractivity contribution in [1.29, 1.82) is 0 Å². The number of methoxy groups -OCH3 is 2. The number of amides is 1. The van der Waals surface area contributed by atoms with E-state index in [1.54, 1.807) is 0 Å². The molecule has 0 aromatic heterocycles. The van der Waals surface area contributed by atoms with Gasteiger partial charge in [-0.1, -0.05) is 26.0 Å². The fourth-order valence-electron chi connectivity index (χ4n) is 6.78. The number of allylic oxidation sites excluding steroid dienone is 1. The molecule has 15 heteroatoms. The number of hydrogen-bond acceptors (Lipinski definition) is 5. The molecule has 1 amide bonds. The summed E-state index contributed by atoms with van der Waals surface area (Å²) < 4.78 is 140. The molecule has 0 saturated carbocycles. The fraction of sp³-hybridized carbons (Fsp3) is 0.405. The Morgan fingerprint density at radius 2 is 1.50 bits per heavy atom. The Labute approximate surface area is 293 Å². The highest BCUT2D eigenvalue weighted by molar-refractivity contribution is 5.91. The first-order valence-electron chi connectivity index (χ1n) is 16.0. The number of halogens is 9. The van der Waals surface area contributed by atoms with Gasteiger partial charge in [0.05, 0.1) is 42.5 Å². The van der Waals surface area contributed by atoms with Crippen LogP contribution in [0.15, 0.2) is 60.2 Å². The molecule has 1 fully saturated rings. The summed E-state index contributed by atoms with van der Waals surface area (Å²) in [6.45, 7) is 5.28. The maximum atomic E-state index is 14.3. The number of cyclic esters (lactones) is 1. The lowest BCUT2D eigenvalue weighted by atomic mass is 9.72. The maximum Gasteiger partial charge on any atom is 0.417 e. The topological polar surface area (TPSA) is 65.1 Å². The van der Waals surface area contributed by atoms with Gasteiger partial charge >= 0.3 is 30.6 Å². The van der Waals surface area contributed by atoms with E-state index < -0.39 is 65.0 Å². The highest BCUT2D eigenvalue weighted by atomic mass is 19.4. The molecule has 52 heavy (non-hydrogen) atoms. The predicted octanol–water partition coefficient (Wildman–Crippen LogP) is 10.8. The van der Waals surface area contributed by atoms with Crippen LogP contribution in [0.2, 0.25) is 0 Å². The molecule has 1 saturated heterocycles. The standard InChI is InChI=1S/C37H34F9NO5/c1-19-31(22-12-24(35(38,39)40)16-25(13-22)36(41,42)43)52-33(49)47(19)18-23-17-34(2,3)11-10-26(23)28-14-20(7-9-30(28)50-4)27-8-6-21(32(48)51-5)15-29(27)37(44,45)46/h6-9,12-16,19,31H,10-11,17-18H2,1-5H3/t19-,31-/m0/s1. The monoisotopic (exact) mass is 743 g/mol. The van der Waals surface area contributed by atoms with Crippen LogP contribution in [0.1, 0.15) is 84.3 Å². The van der Waals surface area contributed by atoms with E-state index in [1.807, 2.05) is 13.8 Å². The minimum atomic E-state index is -5.10. The molecule has 2 atom stereocenters. The highest BCUT2D eigenvalue weighted by Gasteiger charge is 2.44. The van der Waals surface area contributed by atoms with Crippen molar-refractivity contribution >= 4 is 17.6 Å². The van der Waals surface area contributed by atoms with Gasteiger partial charge in [0.1, 0.15) is 11.9 Å². The quantitative estimate of drug-likeness (QED) is 0.178. The second kappa shape index (κ2) is 13.7. The molecule has 6 nitrogen and oxygen atoms in total. The van der Waals surface area contributed by atoms with Crippen LogP contribution >= 0.6 is 0 Å². The number of esters is 1. The van der Waals surface area contributed by atoms with E-state index in [4.69, 9.17) is 9.47 Å². The number of nitrogens with zero attached hydrogens (tertiary/aromatic N) is 1. The molecule has 0 N–H and O–H groups in total. The number of ether oxygens (including phenoxy) is 3. The lowest BCUT2D eigenvalue weighted by molar-refractivity contribution is -0.143. The van der Waals surface area contributed by atoms with E-state index in [0.717, 1.165) is 7.11 Å². The number of benzene rings is 3. The molecule has 0 spiro atoms. The van der Waals surface area contributed by atoms with Crippen LogP contribution in [-0.2, 0) is 28.0 Å². The van der Waals surface area contributed by atoms with Crippen molar-refractivity contribution in [3.05, 3.63) is 93.6 Å². The summed E-state index contributed by atoms with van der Waals surface area (Å²) in [4.78, 5) is 26.5. The zero-order valence-corrected chi connectivity index (χ0v) is 28.6. The Kier molecular flexibility index (Phi) is 10.2. The zero-order chi connectivity index (χ0) is 38.6. The lowest BCUT2D eigenvalue weighted by Gasteiger charge is -2.36. The van der Waals surface area contributed by atoms with Crippen LogP contribution in [0.3, 0.4) is 0 Å². The van der Waals surface area contributed by atoms with Crippen molar-refractivity contribution in [1.82, 2.24) is 4.90 Å². The molecule has 3 aromatic carbocycles. The molecular formula is C37H34F9NO5. The van der Waals surface area contributed by atoms with E-state index in [2.05, 4.69) is 4.74 Å². The maximum absolute atomic E-state index is 14.3. The van der Waals surface area contributed by atoms with Crippen LogP contribution in [0.25, 0.3) is 16.7 Å². The molecule has 3 aromatic rings. The highest BCUT2D eigenvalue weighted by Crippen LogP contribution is 2.48.